The molecule has 1 amide bonds. The number of alkyl halides is 6. The van der Waals surface area contributed by atoms with Crippen molar-refractivity contribution < 1.29 is 55.7 Å². The lowest BCUT2D eigenvalue weighted by atomic mass is 9.71. The summed E-state index contributed by atoms with van der Waals surface area (Å²) >= 11 is 0. The molecule has 1 aromatic rings. The average Bonchev–Trinajstić information content (AvgIpc) is 2.82. The van der Waals surface area contributed by atoms with Crippen molar-refractivity contribution in [1.82, 2.24) is 14.8 Å². The highest BCUT2D eigenvalue weighted by Crippen LogP contribution is 2.41. The van der Waals surface area contributed by atoms with Gasteiger partial charge >= 0.3 is 24.3 Å². The maximum Gasteiger partial charge on any atom is 0.490 e. The molecule has 15 heteroatoms. The number of carbonyl (C=O) groups excluding carboxylic acids is 1. The molecule has 3 rings (SSSR count). The number of carboxylic acid groups (broad SMARTS) is 2. The van der Waals surface area contributed by atoms with E-state index in [0.29, 0.717) is 12.5 Å². The average molecular weight is 560 g/mol. The van der Waals surface area contributed by atoms with Crippen molar-refractivity contribution in [1.29, 1.82) is 0 Å². The number of carboxylic acids is 2. The van der Waals surface area contributed by atoms with E-state index in [4.69, 9.17) is 24.5 Å². The van der Waals surface area contributed by atoms with Crippen molar-refractivity contribution in [3.8, 4) is 0 Å². The van der Waals surface area contributed by atoms with Crippen molar-refractivity contribution in [2.75, 3.05) is 39.9 Å². The highest BCUT2D eigenvalue weighted by atomic mass is 19.4. The topological polar surface area (TPSA) is 120 Å². The molecule has 2 N–H and O–H groups in total. The Morgan fingerprint density at radius 3 is 2.00 bits per heavy atom. The highest BCUT2D eigenvalue weighted by Gasteiger charge is 2.45. The van der Waals surface area contributed by atoms with Gasteiger partial charge in [-0.15, -0.1) is 0 Å². The lowest BCUT2D eigenvalue weighted by Gasteiger charge is -2.46. The molecule has 38 heavy (non-hydrogen) atoms. The Labute approximate surface area is 215 Å². The first-order chi connectivity index (χ1) is 17.5. The Hall–Kier alpha value is -2.94. The first-order valence-electron chi connectivity index (χ1n) is 11.5. The van der Waals surface area contributed by atoms with Crippen LogP contribution >= 0.6 is 0 Å². The Kier molecular flexibility index (Phi) is 12.4. The molecular formula is C23H31F6N3O6. The van der Waals surface area contributed by atoms with Crippen LogP contribution in [0, 0.1) is 12.3 Å². The van der Waals surface area contributed by atoms with E-state index in [9.17, 15) is 31.1 Å². The van der Waals surface area contributed by atoms with Gasteiger partial charge in [0.25, 0.3) is 0 Å². The van der Waals surface area contributed by atoms with E-state index in [2.05, 4.69) is 22.9 Å². The molecule has 0 aliphatic carbocycles. The fourth-order valence-electron chi connectivity index (χ4n) is 4.07. The van der Waals surface area contributed by atoms with Crippen molar-refractivity contribution in [3.63, 3.8) is 0 Å². The van der Waals surface area contributed by atoms with E-state index in [1.54, 1.807) is 7.11 Å². The summed E-state index contributed by atoms with van der Waals surface area (Å²) < 4.78 is 68.6. The summed E-state index contributed by atoms with van der Waals surface area (Å²) in [7, 11) is 1.70. The van der Waals surface area contributed by atoms with Crippen molar-refractivity contribution >= 4 is 17.8 Å². The predicted molar refractivity (Wildman–Crippen MR) is 121 cm³/mol. The molecule has 0 bridgehead atoms. The van der Waals surface area contributed by atoms with Gasteiger partial charge in [0.05, 0.1) is 17.7 Å². The number of pyridine rings is 1. The van der Waals surface area contributed by atoms with Crippen LogP contribution in [0.25, 0.3) is 0 Å². The summed E-state index contributed by atoms with van der Waals surface area (Å²) in [5.41, 5.74) is 2.28. The van der Waals surface area contributed by atoms with Crippen LogP contribution in [0.15, 0.2) is 18.3 Å². The minimum Gasteiger partial charge on any atom is -0.475 e. The number of methoxy groups -OCH3 is 1. The van der Waals surface area contributed by atoms with Crippen LogP contribution in [0.5, 0.6) is 0 Å². The number of ether oxygens (including phenoxy) is 1. The van der Waals surface area contributed by atoms with E-state index in [-0.39, 0.29) is 5.41 Å². The number of likely N-dealkylation sites (tertiary alicyclic amines) is 2. The van der Waals surface area contributed by atoms with E-state index in [1.165, 1.54) is 5.56 Å². The molecule has 2 fully saturated rings. The van der Waals surface area contributed by atoms with E-state index < -0.39 is 24.3 Å². The Morgan fingerprint density at radius 1 is 1.03 bits per heavy atom. The second-order valence-electron chi connectivity index (χ2n) is 8.82. The fraction of sp³-hybridized carbons (Fsp3) is 0.652. The number of piperidine rings is 2. The second kappa shape index (κ2) is 14.3. The van der Waals surface area contributed by atoms with Crippen LogP contribution in [0.3, 0.4) is 0 Å². The lowest BCUT2D eigenvalue weighted by molar-refractivity contribution is -0.193. The molecule has 3 heterocycles. The van der Waals surface area contributed by atoms with Gasteiger partial charge in [0.2, 0.25) is 5.91 Å². The minimum atomic E-state index is -5.08. The van der Waals surface area contributed by atoms with Gasteiger partial charge in [-0.25, -0.2) is 9.59 Å². The summed E-state index contributed by atoms with van der Waals surface area (Å²) in [5.74, 6) is -5.15. The number of aryl methyl sites for hydroxylation is 1. The number of nitrogens with zero attached hydrogens (tertiary/aromatic N) is 3. The van der Waals surface area contributed by atoms with Gasteiger partial charge in [-0.3, -0.25) is 14.7 Å². The molecule has 0 saturated carbocycles. The standard InChI is InChI=1S/C19H29N3O2.2C2HF3O2/c1-16-5-3-9-20-17(16)15-21-11-7-19(8-12-21)6-4-10-22(18(19)23)13-14-24-2;2*3-2(4,5)1(6)7/h3,5,9H,4,6-8,10-15H2,1-2H3;2*(H,6,7). The zero-order valence-corrected chi connectivity index (χ0v) is 20.9. The first kappa shape index (κ1) is 33.1. The van der Waals surface area contributed by atoms with E-state index in [1.807, 2.05) is 17.2 Å². The highest BCUT2D eigenvalue weighted by molar-refractivity contribution is 5.83. The summed E-state index contributed by atoms with van der Waals surface area (Å²) in [6.07, 6.45) is -4.19. The molecule has 1 aromatic heterocycles. The van der Waals surface area contributed by atoms with Crippen LogP contribution < -0.4 is 0 Å². The second-order valence-corrected chi connectivity index (χ2v) is 8.82. The van der Waals surface area contributed by atoms with Crippen LogP contribution in [0.4, 0.5) is 26.3 Å². The van der Waals surface area contributed by atoms with Crippen LogP contribution in [0.2, 0.25) is 0 Å². The molecule has 2 saturated heterocycles. The zero-order valence-electron chi connectivity index (χ0n) is 20.9. The lowest BCUT2D eigenvalue weighted by Crippen LogP contribution is -2.54. The monoisotopic (exact) mass is 559 g/mol. The number of amides is 1. The summed E-state index contributed by atoms with van der Waals surface area (Å²) in [4.78, 5) is 39.7. The van der Waals surface area contributed by atoms with Gasteiger partial charge < -0.3 is 19.8 Å². The zero-order chi connectivity index (χ0) is 29.1. The maximum atomic E-state index is 13.0. The van der Waals surface area contributed by atoms with Gasteiger partial charge in [-0.2, -0.15) is 26.3 Å². The van der Waals surface area contributed by atoms with Crippen LogP contribution in [-0.4, -0.2) is 95.1 Å². The SMILES string of the molecule is COCCN1CCCC2(CCN(Cc3ncccc3C)CC2)C1=O.O=C(O)C(F)(F)F.O=C(O)C(F)(F)F. The third-order valence-corrected chi connectivity index (χ3v) is 6.18. The Morgan fingerprint density at radius 2 is 1.55 bits per heavy atom. The van der Waals surface area contributed by atoms with E-state index in [0.717, 1.165) is 64.1 Å². The number of carbonyl (C=O) groups is 3. The van der Waals surface area contributed by atoms with Crippen molar-refractivity contribution in [3.05, 3.63) is 29.6 Å². The number of aliphatic carboxylic acids is 2. The molecule has 2 aliphatic rings. The van der Waals surface area contributed by atoms with Crippen molar-refractivity contribution in [2.24, 2.45) is 5.41 Å². The summed E-state index contributed by atoms with van der Waals surface area (Å²) in [5, 5.41) is 14.2. The number of aromatic nitrogens is 1. The predicted octanol–water partition coefficient (Wildman–Crippen LogP) is 3.51. The molecule has 1 spiro atoms. The Bertz CT molecular complexity index is 909. The quantitative estimate of drug-likeness (QED) is 0.526. The summed E-state index contributed by atoms with van der Waals surface area (Å²) in [6.45, 7) is 7.23. The minimum absolute atomic E-state index is 0.123. The van der Waals surface area contributed by atoms with Gasteiger partial charge in [0.15, 0.2) is 0 Å². The molecule has 2 aliphatic heterocycles. The molecule has 0 atom stereocenters. The molecule has 0 aromatic carbocycles. The third-order valence-electron chi connectivity index (χ3n) is 6.18. The van der Waals surface area contributed by atoms with Gasteiger partial charge in [-0.05, 0) is 57.3 Å². The summed E-state index contributed by atoms with van der Waals surface area (Å²) in [6, 6.07) is 4.10. The van der Waals surface area contributed by atoms with Crippen LogP contribution in [0.1, 0.15) is 36.9 Å². The normalized spacial score (nSPS) is 17.7. The number of halogens is 6. The van der Waals surface area contributed by atoms with Crippen molar-refractivity contribution in [2.45, 2.75) is 51.5 Å². The number of rotatable bonds is 5. The smallest absolute Gasteiger partial charge is 0.475 e. The molecule has 216 valence electrons. The maximum absolute atomic E-state index is 13.0. The fourth-order valence-corrected chi connectivity index (χ4v) is 4.07. The Balaban J connectivity index is 0.000000426. The molecule has 9 nitrogen and oxygen atoms in total. The van der Waals surface area contributed by atoms with Gasteiger partial charge in [0.1, 0.15) is 0 Å². The largest absolute Gasteiger partial charge is 0.490 e. The van der Waals surface area contributed by atoms with Crippen LogP contribution in [-0.2, 0) is 25.7 Å². The number of hydrogen-bond donors (Lipinski definition) is 2. The van der Waals surface area contributed by atoms with E-state index >= 15 is 0 Å². The van der Waals surface area contributed by atoms with Gasteiger partial charge in [0, 0.05) is 32.9 Å². The molecule has 0 unspecified atom stereocenters. The molecule has 0 radical (unpaired) electrons. The van der Waals surface area contributed by atoms with Gasteiger partial charge in [-0.1, -0.05) is 6.07 Å². The number of hydrogen-bond acceptors (Lipinski definition) is 6. The molecular weight excluding hydrogens is 528 g/mol. The third kappa shape index (κ3) is 10.4. The first-order valence-corrected chi connectivity index (χ1v) is 11.5.